The Morgan fingerprint density at radius 3 is 2.86 bits per heavy atom. The maximum Gasteiger partial charge on any atom is 0.148 e. The fourth-order valence-corrected chi connectivity index (χ4v) is 1.93. The summed E-state index contributed by atoms with van der Waals surface area (Å²) in [5.74, 6) is 0.530. The molecule has 3 nitrogen and oxygen atoms in total. The van der Waals surface area contributed by atoms with E-state index in [0.717, 1.165) is 24.1 Å². The van der Waals surface area contributed by atoms with Crippen LogP contribution in [0.15, 0.2) is 0 Å². The Morgan fingerprint density at radius 1 is 1.71 bits per heavy atom. The van der Waals surface area contributed by atoms with Gasteiger partial charge in [-0.05, 0) is 12.8 Å². The third-order valence-electron chi connectivity index (χ3n) is 3.10. The Balaban J connectivity index is 2.34. The van der Waals surface area contributed by atoms with Crippen molar-refractivity contribution in [1.29, 1.82) is 0 Å². The number of hydrogen-bond donors (Lipinski definition) is 2. The molecule has 0 radical (unpaired) electrons. The lowest BCUT2D eigenvalue weighted by Crippen LogP contribution is -2.09. The van der Waals surface area contributed by atoms with Crippen LogP contribution in [0.1, 0.15) is 37.9 Å². The van der Waals surface area contributed by atoms with Gasteiger partial charge in [-0.2, -0.15) is 5.10 Å². The molecule has 4 heteroatoms. The van der Waals surface area contributed by atoms with Crippen LogP contribution in [0.4, 0.5) is 10.2 Å². The first-order chi connectivity index (χ1) is 6.59. The van der Waals surface area contributed by atoms with E-state index in [4.69, 9.17) is 5.73 Å². The van der Waals surface area contributed by atoms with Gasteiger partial charge in [0.15, 0.2) is 0 Å². The van der Waals surface area contributed by atoms with Crippen molar-refractivity contribution in [2.75, 3.05) is 5.73 Å². The SMILES string of the molecule is CCCc1c(N)n[nH]c1C1(C)CC1F. The summed E-state index contributed by atoms with van der Waals surface area (Å²) < 4.78 is 13.2. The summed E-state index contributed by atoms with van der Waals surface area (Å²) in [5.41, 5.74) is 7.30. The molecule has 0 aliphatic heterocycles. The van der Waals surface area contributed by atoms with E-state index in [0.29, 0.717) is 12.2 Å². The zero-order chi connectivity index (χ0) is 10.3. The second-order valence-electron chi connectivity index (χ2n) is 4.30. The van der Waals surface area contributed by atoms with Gasteiger partial charge in [0.1, 0.15) is 12.0 Å². The van der Waals surface area contributed by atoms with Gasteiger partial charge in [-0.15, -0.1) is 0 Å². The van der Waals surface area contributed by atoms with E-state index in [1.807, 2.05) is 6.92 Å². The number of nitrogens with two attached hydrogens (primary N) is 1. The number of alkyl halides is 1. The molecule has 2 unspecified atom stereocenters. The second-order valence-corrected chi connectivity index (χ2v) is 4.30. The number of hydrogen-bond acceptors (Lipinski definition) is 2. The zero-order valence-electron chi connectivity index (χ0n) is 8.60. The number of nitrogens with zero attached hydrogens (tertiary/aromatic N) is 1. The van der Waals surface area contributed by atoms with Crippen molar-refractivity contribution in [1.82, 2.24) is 10.2 Å². The number of nitrogen functional groups attached to an aromatic ring is 1. The van der Waals surface area contributed by atoms with Crippen LogP contribution in [-0.4, -0.2) is 16.4 Å². The maximum absolute atomic E-state index is 13.2. The van der Waals surface area contributed by atoms with E-state index >= 15 is 0 Å². The number of nitrogens with one attached hydrogen (secondary N) is 1. The molecule has 1 saturated carbocycles. The van der Waals surface area contributed by atoms with Crippen LogP contribution < -0.4 is 5.73 Å². The van der Waals surface area contributed by atoms with E-state index in [1.54, 1.807) is 0 Å². The molecule has 14 heavy (non-hydrogen) atoms. The van der Waals surface area contributed by atoms with Gasteiger partial charge in [0.25, 0.3) is 0 Å². The van der Waals surface area contributed by atoms with Crippen molar-refractivity contribution in [3.8, 4) is 0 Å². The van der Waals surface area contributed by atoms with Crippen molar-refractivity contribution in [3.63, 3.8) is 0 Å². The molecule has 1 aliphatic carbocycles. The summed E-state index contributed by atoms with van der Waals surface area (Å²) in [4.78, 5) is 0. The van der Waals surface area contributed by atoms with Crippen LogP contribution in [0.5, 0.6) is 0 Å². The van der Waals surface area contributed by atoms with Gasteiger partial charge in [0, 0.05) is 16.7 Å². The molecule has 0 amide bonds. The predicted molar refractivity (Wildman–Crippen MR) is 53.9 cm³/mol. The van der Waals surface area contributed by atoms with Gasteiger partial charge in [-0.25, -0.2) is 4.39 Å². The Kier molecular flexibility index (Phi) is 2.01. The van der Waals surface area contributed by atoms with E-state index in [-0.39, 0.29) is 5.41 Å². The molecule has 2 atom stereocenters. The zero-order valence-corrected chi connectivity index (χ0v) is 8.60. The molecule has 0 saturated heterocycles. The molecular weight excluding hydrogens is 181 g/mol. The van der Waals surface area contributed by atoms with Gasteiger partial charge in [0.05, 0.1) is 0 Å². The Bertz CT molecular complexity index is 347. The van der Waals surface area contributed by atoms with Crippen molar-refractivity contribution in [2.24, 2.45) is 0 Å². The van der Waals surface area contributed by atoms with Crippen molar-refractivity contribution >= 4 is 5.82 Å². The van der Waals surface area contributed by atoms with Gasteiger partial charge < -0.3 is 5.73 Å². The van der Waals surface area contributed by atoms with E-state index in [2.05, 4.69) is 17.1 Å². The first-order valence-electron chi connectivity index (χ1n) is 5.07. The molecular formula is C10H16FN3. The first-order valence-corrected chi connectivity index (χ1v) is 5.07. The minimum Gasteiger partial charge on any atom is -0.382 e. The van der Waals surface area contributed by atoms with Crippen LogP contribution >= 0.6 is 0 Å². The van der Waals surface area contributed by atoms with E-state index < -0.39 is 6.17 Å². The van der Waals surface area contributed by atoms with Crippen molar-refractivity contribution < 1.29 is 4.39 Å². The van der Waals surface area contributed by atoms with Crippen molar-refractivity contribution in [2.45, 2.75) is 44.7 Å². The lowest BCUT2D eigenvalue weighted by atomic mass is 9.98. The number of anilines is 1. The number of aromatic amines is 1. The Morgan fingerprint density at radius 2 is 2.36 bits per heavy atom. The standard InChI is InChI=1S/C10H16FN3/c1-3-4-6-8(13-14-9(6)12)10(2)5-7(10)11/h7H,3-5H2,1-2H3,(H3,12,13,14). The summed E-state index contributed by atoms with van der Waals surface area (Å²) >= 11 is 0. The highest BCUT2D eigenvalue weighted by molar-refractivity contribution is 5.47. The highest BCUT2D eigenvalue weighted by atomic mass is 19.1. The minimum atomic E-state index is -0.738. The fraction of sp³-hybridized carbons (Fsp3) is 0.700. The first kappa shape index (κ1) is 9.49. The van der Waals surface area contributed by atoms with Crippen molar-refractivity contribution in [3.05, 3.63) is 11.3 Å². The van der Waals surface area contributed by atoms with Crippen LogP contribution in [0, 0.1) is 0 Å². The van der Waals surface area contributed by atoms with Gasteiger partial charge >= 0.3 is 0 Å². The highest BCUT2D eigenvalue weighted by Gasteiger charge is 2.54. The summed E-state index contributed by atoms with van der Waals surface area (Å²) in [5, 5.41) is 6.84. The van der Waals surface area contributed by atoms with Gasteiger partial charge in [0.2, 0.25) is 0 Å². The largest absolute Gasteiger partial charge is 0.382 e. The third kappa shape index (κ3) is 1.21. The molecule has 0 aromatic carbocycles. The van der Waals surface area contributed by atoms with Crippen LogP contribution in [0.2, 0.25) is 0 Å². The highest BCUT2D eigenvalue weighted by Crippen LogP contribution is 2.51. The van der Waals surface area contributed by atoms with Crippen LogP contribution in [0.3, 0.4) is 0 Å². The molecule has 0 bridgehead atoms. The van der Waals surface area contributed by atoms with Crippen LogP contribution in [0.25, 0.3) is 0 Å². The molecule has 0 spiro atoms. The number of aromatic nitrogens is 2. The topological polar surface area (TPSA) is 54.7 Å². The normalized spacial score (nSPS) is 30.6. The number of H-pyrrole nitrogens is 1. The maximum atomic E-state index is 13.2. The fourth-order valence-electron chi connectivity index (χ4n) is 1.93. The molecule has 1 aromatic heterocycles. The summed E-state index contributed by atoms with van der Waals surface area (Å²) in [7, 11) is 0. The molecule has 78 valence electrons. The smallest absolute Gasteiger partial charge is 0.148 e. The predicted octanol–water partition coefficient (Wildman–Crippen LogP) is 1.94. The van der Waals surface area contributed by atoms with Gasteiger partial charge in [-0.1, -0.05) is 20.3 Å². The molecule has 1 aliphatic rings. The van der Waals surface area contributed by atoms with Crippen LogP contribution in [-0.2, 0) is 11.8 Å². The lowest BCUT2D eigenvalue weighted by molar-refractivity contribution is 0.427. The molecule has 1 heterocycles. The Labute approximate surface area is 82.9 Å². The summed E-state index contributed by atoms with van der Waals surface area (Å²) in [6, 6.07) is 0. The number of halogens is 1. The summed E-state index contributed by atoms with van der Waals surface area (Å²) in [6.45, 7) is 4.00. The molecule has 1 fully saturated rings. The molecule has 2 rings (SSSR count). The molecule has 3 N–H and O–H groups in total. The molecule has 1 aromatic rings. The summed E-state index contributed by atoms with van der Waals surface area (Å²) in [6.07, 6.45) is 1.73. The minimum absolute atomic E-state index is 0.352. The van der Waals surface area contributed by atoms with Gasteiger partial charge in [-0.3, -0.25) is 5.10 Å². The lowest BCUT2D eigenvalue weighted by Gasteiger charge is -2.08. The number of rotatable bonds is 3. The van der Waals surface area contributed by atoms with E-state index in [1.165, 1.54) is 0 Å². The average Bonchev–Trinajstić information content (AvgIpc) is 2.57. The third-order valence-corrected chi connectivity index (χ3v) is 3.10. The monoisotopic (exact) mass is 197 g/mol. The quantitative estimate of drug-likeness (QED) is 0.778. The van der Waals surface area contributed by atoms with E-state index in [9.17, 15) is 4.39 Å². The average molecular weight is 197 g/mol. The Hall–Kier alpha value is -1.06. The second kappa shape index (κ2) is 2.97.